The highest BCUT2D eigenvalue weighted by molar-refractivity contribution is 7.16. The summed E-state index contributed by atoms with van der Waals surface area (Å²) in [6.07, 6.45) is 5.15. The SMILES string of the molecule is CCc1c(C)sc(NC(=O)C2CC(=O)N(C3CCCC3)C2)c1C(=O)O. The Labute approximate surface area is 151 Å². The number of aromatic carboxylic acids is 1. The van der Waals surface area contributed by atoms with Crippen LogP contribution in [0.4, 0.5) is 5.00 Å². The van der Waals surface area contributed by atoms with E-state index in [4.69, 9.17) is 0 Å². The average Bonchev–Trinajstić information content (AvgIpc) is 3.25. The van der Waals surface area contributed by atoms with Crippen molar-refractivity contribution in [3.05, 3.63) is 16.0 Å². The number of thiophene rings is 1. The van der Waals surface area contributed by atoms with Crippen molar-refractivity contribution >= 4 is 34.1 Å². The smallest absolute Gasteiger partial charge is 0.339 e. The molecule has 1 saturated carbocycles. The van der Waals surface area contributed by atoms with Gasteiger partial charge in [0.05, 0.1) is 11.5 Å². The monoisotopic (exact) mass is 364 g/mol. The molecular formula is C18H24N2O4S. The Morgan fingerprint density at radius 1 is 1.32 bits per heavy atom. The molecule has 0 bridgehead atoms. The topological polar surface area (TPSA) is 86.7 Å². The second-order valence-electron chi connectivity index (χ2n) is 6.87. The molecule has 0 aromatic carbocycles. The van der Waals surface area contributed by atoms with Crippen LogP contribution in [0.1, 0.15) is 59.8 Å². The van der Waals surface area contributed by atoms with Crippen molar-refractivity contribution in [2.45, 2.75) is 58.4 Å². The second kappa shape index (κ2) is 7.15. The van der Waals surface area contributed by atoms with E-state index in [0.29, 0.717) is 18.0 Å². The van der Waals surface area contributed by atoms with Crippen LogP contribution in [0.5, 0.6) is 0 Å². The Morgan fingerprint density at radius 3 is 2.60 bits per heavy atom. The molecule has 1 aromatic rings. The Bertz CT molecular complexity index is 706. The third-order valence-electron chi connectivity index (χ3n) is 5.31. The van der Waals surface area contributed by atoms with E-state index in [1.807, 2.05) is 18.7 Å². The molecule has 3 rings (SSSR count). The molecule has 1 unspecified atom stereocenters. The second-order valence-corrected chi connectivity index (χ2v) is 8.10. The van der Waals surface area contributed by atoms with Crippen LogP contribution >= 0.6 is 11.3 Å². The van der Waals surface area contributed by atoms with Crippen LogP contribution < -0.4 is 5.32 Å². The van der Waals surface area contributed by atoms with Gasteiger partial charge < -0.3 is 15.3 Å². The molecule has 1 aromatic heterocycles. The van der Waals surface area contributed by atoms with Gasteiger partial charge in [0.2, 0.25) is 11.8 Å². The minimum Gasteiger partial charge on any atom is -0.478 e. The van der Waals surface area contributed by atoms with Gasteiger partial charge in [-0.3, -0.25) is 9.59 Å². The van der Waals surface area contributed by atoms with Gasteiger partial charge in [-0.2, -0.15) is 0 Å². The van der Waals surface area contributed by atoms with Crippen molar-refractivity contribution in [2.24, 2.45) is 5.92 Å². The van der Waals surface area contributed by atoms with Gasteiger partial charge >= 0.3 is 5.97 Å². The van der Waals surface area contributed by atoms with Gasteiger partial charge in [-0.25, -0.2) is 4.79 Å². The molecule has 2 amide bonds. The van der Waals surface area contributed by atoms with Gasteiger partial charge in [-0.15, -0.1) is 11.3 Å². The van der Waals surface area contributed by atoms with Gasteiger partial charge in [-0.1, -0.05) is 19.8 Å². The average molecular weight is 364 g/mol. The quantitative estimate of drug-likeness (QED) is 0.841. The van der Waals surface area contributed by atoms with Crippen molar-refractivity contribution < 1.29 is 19.5 Å². The molecule has 2 N–H and O–H groups in total. The number of amides is 2. The number of carboxylic acid groups (broad SMARTS) is 1. The first-order valence-electron chi connectivity index (χ1n) is 8.88. The Hall–Kier alpha value is -1.89. The fourth-order valence-corrected chi connectivity index (χ4v) is 5.15. The van der Waals surface area contributed by atoms with E-state index >= 15 is 0 Å². The maximum atomic E-state index is 12.6. The van der Waals surface area contributed by atoms with Crippen LogP contribution in [-0.4, -0.2) is 40.4 Å². The third-order valence-corrected chi connectivity index (χ3v) is 6.37. The predicted octanol–water partition coefficient (Wildman–Crippen LogP) is 3.05. The van der Waals surface area contributed by atoms with E-state index < -0.39 is 11.9 Å². The molecule has 7 heteroatoms. The van der Waals surface area contributed by atoms with E-state index in [0.717, 1.165) is 36.1 Å². The molecule has 136 valence electrons. The Balaban J connectivity index is 1.73. The summed E-state index contributed by atoms with van der Waals surface area (Å²) in [6, 6.07) is 0.274. The number of nitrogens with zero attached hydrogens (tertiary/aromatic N) is 1. The third kappa shape index (κ3) is 3.42. The lowest BCUT2D eigenvalue weighted by Crippen LogP contribution is -2.35. The predicted molar refractivity (Wildman–Crippen MR) is 96.1 cm³/mol. The lowest BCUT2D eigenvalue weighted by molar-refractivity contribution is -0.129. The van der Waals surface area contributed by atoms with Crippen molar-refractivity contribution in [1.82, 2.24) is 4.90 Å². The first-order chi connectivity index (χ1) is 11.9. The van der Waals surface area contributed by atoms with E-state index in [-0.39, 0.29) is 29.8 Å². The zero-order valence-electron chi connectivity index (χ0n) is 14.6. The highest BCUT2D eigenvalue weighted by atomic mass is 32.1. The van der Waals surface area contributed by atoms with Crippen LogP contribution in [0.2, 0.25) is 0 Å². The molecular weight excluding hydrogens is 340 g/mol. The van der Waals surface area contributed by atoms with E-state index in [2.05, 4.69) is 5.32 Å². The summed E-state index contributed by atoms with van der Waals surface area (Å²) in [6.45, 7) is 4.22. The van der Waals surface area contributed by atoms with Crippen LogP contribution in [0.25, 0.3) is 0 Å². The number of nitrogens with one attached hydrogen (secondary N) is 1. The first-order valence-corrected chi connectivity index (χ1v) is 9.69. The number of hydrogen-bond acceptors (Lipinski definition) is 4. The molecule has 2 aliphatic rings. The van der Waals surface area contributed by atoms with Crippen molar-refractivity contribution in [3.8, 4) is 0 Å². The van der Waals surface area contributed by atoms with Crippen molar-refractivity contribution in [2.75, 3.05) is 11.9 Å². The van der Waals surface area contributed by atoms with Gasteiger partial charge in [0.1, 0.15) is 5.00 Å². The summed E-state index contributed by atoms with van der Waals surface area (Å²) in [5, 5.41) is 12.7. The first kappa shape index (κ1) is 17.9. The molecule has 2 fully saturated rings. The van der Waals surface area contributed by atoms with Crippen molar-refractivity contribution in [1.29, 1.82) is 0 Å². The maximum Gasteiger partial charge on any atom is 0.339 e. The van der Waals surface area contributed by atoms with Crippen molar-refractivity contribution in [3.63, 3.8) is 0 Å². The Morgan fingerprint density at radius 2 is 2.00 bits per heavy atom. The Kier molecular flexibility index (Phi) is 5.13. The lowest BCUT2D eigenvalue weighted by atomic mass is 10.1. The minimum absolute atomic E-state index is 0.0436. The number of aryl methyl sites for hydroxylation is 1. The van der Waals surface area contributed by atoms with Gasteiger partial charge in [-0.05, 0) is 31.7 Å². The zero-order chi connectivity index (χ0) is 18.1. The molecule has 1 atom stereocenters. The summed E-state index contributed by atoms with van der Waals surface area (Å²) < 4.78 is 0. The van der Waals surface area contributed by atoms with E-state index in [9.17, 15) is 19.5 Å². The zero-order valence-corrected chi connectivity index (χ0v) is 15.4. The number of likely N-dealkylation sites (tertiary alicyclic amines) is 1. The minimum atomic E-state index is -1.02. The van der Waals surface area contributed by atoms with Gasteiger partial charge in [0.25, 0.3) is 0 Å². The van der Waals surface area contributed by atoms with E-state index in [1.54, 1.807) is 0 Å². The fourth-order valence-electron chi connectivity index (χ4n) is 4.01. The van der Waals surface area contributed by atoms with Crippen LogP contribution in [0.3, 0.4) is 0 Å². The summed E-state index contributed by atoms with van der Waals surface area (Å²) in [4.78, 5) is 39.2. The maximum absolute atomic E-state index is 12.6. The lowest BCUT2D eigenvalue weighted by Gasteiger charge is -2.23. The molecule has 6 nitrogen and oxygen atoms in total. The summed E-state index contributed by atoms with van der Waals surface area (Å²) in [5.41, 5.74) is 0.957. The highest BCUT2D eigenvalue weighted by Gasteiger charge is 2.39. The number of carbonyl (C=O) groups is 3. The molecule has 1 saturated heterocycles. The summed E-state index contributed by atoms with van der Waals surface area (Å²) in [7, 11) is 0. The fraction of sp³-hybridized carbons (Fsp3) is 0.611. The standard InChI is InChI=1S/C18H24N2O4S/c1-3-13-10(2)25-17(15(13)18(23)24)19-16(22)11-8-14(21)20(9-11)12-6-4-5-7-12/h11-12H,3-9H2,1-2H3,(H,19,22)(H,23,24). The molecule has 1 aliphatic heterocycles. The highest BCUT2D eigenvalue weighted by Crippen LogP contribution is 2.35. The number of carboxylic acids is 1. The molecule has 25 heavy (non-hydrogen) atoms. The molecule has 2 heterocycles. The summed E-state index contributed by atoms with van der Waals surface area (Å²) >= 11 is 1.30. The summed E-state index contributed by atoms with van der Waals surface area (Å²) in [5.74, 6) is -1.63. The van der Waals surface area contributed by atoms with Crippen LogP contribution in [-0.2, 0) is 16.0 Å². The number of hydrogen-bond donors (Lipinski definition) is 2. The molecule has 0 radical (unpaired) electrons. The number of anilines is 1. The molecule has 1 aliphatic carbocycles. The largest absolute Gasteiger partial charge is 0.478 e. The molecule has 0 spiro atoms. The van der Waals surface area contributed by atoms with Gasteiger partial charge in [0, 0.05) is 23.9 Å². The van der Waals surface area contributed by atoms with E-state index in [1.165, 1.54) is 11.3 Å². The van der Waals surface area contributed by atoms with Crippen LogP contribution in [0, 0.1) is 12.8 Å². The number of carbonyl (C=O) groups excluding carboxylic acids is 2. The van der Waals surface area contributed by atoms with Crippen LogP contribution in [0.15, 0.2) is 0 Å². The normalized spacial score (nSPS) is 21.1. The van der Waals surface area contributed by atoms with Gasteiger partial charge in [0.15, 0.2) is 0 Å². The number of rotatable bonds is 5.